The van der Waals surface area contributed by atoms with Crippen LogP contribution in [0.1, 0.15) is 21.5 Å². The van der Waals surface area contributed by atoms with Crippen LogP contribution in [0.15, 0.2) is 48.5 Å². The first-order valence-electron chi connectivity index (χ1n) is 5.07. The number of benzene rings is 2. The predicted molar refractivity (Wildman–Crippen MR) is 66.1 cm³/mol. The molecule has 0 spiro atoms. The predicted octanol–water partition coefficient (Wildman–Crippen LogP) is 3.74. The molecule has 0 aliphatic rings. The molecule has 0 unspecified atom stereocenters. The van der Waals surface area contributed by atoms with Gasteiger partial charge in [-0.2, -0.15) is 0 Å². The summed E-state index contributed by atoms with van der Waals surface area (Å²) in [6.45, 7) is 0. The molecule has 0 aliphatic carbocycles. The minimum absolute atomic E-state index is 0.697. The largest absolute Gasteiger partial charge is 0.298 e. The Kier molecular flexibility index (Phi) is 3.37. The Labute approximate surface area is 99.7 Å². The molecular weight excluding hydrogens is 220 g/mol. The molecule has 0 bridgehead atoms. The van der Waals surface area contributed by atoms with Crippen molar-refractivity contribution >= 4 is 17.9 Å². The van der Waals surface area contributed by atoms with E-state index < -0.39 is 0 Å². The van der Waals surface area contributed by atoms with E-state index in [0.717, 1.165) is 28.9 Å². The fraction of sp³-hybridized carbons (Fsp3) is 0.0714. The Balaban J connectivity index is 2.21. The van der Waals surface area contributed by atoms with Crippen LogP contribution in [0.4, 0.5) is 0 Å². The normalized spacial score (nSPS) is 10.1. The zero-order valence-electron chi connectivity index (χ0n) is 8.69. The van der Waals surface area contributed by atoms with Gasteiger partial charge in [-0.25, -0.2) is 0 Å². The summed E-state index contributed by atoms with van der Waals surface area (Å²) in [5.41, 5.74) is 2.95. The molecule has 1 nitrogen and oxygen atoms in total. The highest BCUT2D eigenvalue weighted by Crippen LogP contribution is 2.18. The molecule has 0 amide bonds. The van der Waals surface area contributed by atoms with Crippen molar-refractivity contribution < 1.29 is 4.79 Å². The molecule has 0 heterocycles. The third-order valence-corrected chi connectivity index (χ3v) is 2.84. The molecular formula is C14H11ClO. The highest BCUT2D eigenvalue weighted by atomic mass is 35.5. The van der Waals surface area contributed by atoms with E-state index in [4.69, 9.17) is 11.6 Å². The quantitative estimate of drug-likeness (QED) is 0.734. The molecule has 2 heteroatoms. The van der Waals surface area contributed by atoms with E-state index in [1.807, 2.05) is 48.5 Å². The van der Waals surface area contributed by atoms with Crippen molar-refractivity contribution in [1.29, 1.82) is 0 Å². The van der Waals surface area contributed by atoms with Crippen molar-refractivity contribution in [3.8, 4) is 0 Å². The van der Waals surface area contributed by atoms with Gasteiger partial charge in [-0.05, 0) is 23.6 Å². The maximum atomic E-state index is 10.5. The van der Waals surface area contributed by atoms with Crippen molar-refractivity contribution in [3.63, 3.8) is 0 Å². The van der Waals surface area contributed by atoms with E-state index in [9.17, 15) is 4.79 Å². The number of aldehydes is 1. The van der Waals surface area contributed by atoms with Crippen molar-refractivity contribution in [2.75, 3.05) is 0 Å². The van der Waals surface area contributed by atoms with Crippen LogP contribution in [0.5, 0.6) is 0 Å². The van der Waals surface area contributed by atoms with Crippen LogP contribution >= 0.6 is 11.6 Å². The molecule has 0 radical (unpaired) electrons. The number of carbonyl (C=O) groups is 1. The van der Waals surface area contributed by atoms with Crippen molar-refractivity contribution in [1.82, 2.24) is 0 Å². The fourth-order valence-corrected chi connectivity index (χ4v) is 1.78. The van der Waals surface area contributed by atoms with E-state index in [0.29, 0.717) is 5.56 Å². The van der Waals surface area contributed by atoms with Crippen LogP contribution in [-0.2, 0) is 6.42 Å². The molecule has 16 heavy (non-hydrogen) atoms. The Bertz CT molecular complexity index is 488. The number of hydrogen-bond acceptors (Lipinski definition) is 1. The Morgan fingerprint density at radius 1 is 1.00 bits per heavy atom. The summed E-state index contributed by atoms with van der Waals surface area (Å²) in [6.07, 6.45) is 1.64. The molecule has 2 rings (SSSR count). The highest BCUT2D eigenvalue weighted by Gasteiger charge is 2.00. The second-order valence-electron chi connectivity index (χ2n) is 3.63. The summed E-state index contributed by atoms with van der Waals surface area (Å²) >= 11 is 6.08. The van der Waals surface area contributed by atoms with Crippen molar-refractivity contribution in [2.45, 2.75) is 6.42 Å². The molecule has 0 N–H and O–H groups in total. The van der Waals surface area contributed by atoms with Crippen LogP contribution in [0, 0.1) is 0 Å². The van der Waals surface area contributed by atoms with Gasteiger partial charge in [-0.1, -0.05) is 54.1 Å². The van der Waals surface area contributed by atoms with Gasteiger partial charge in [0.25, 0.3) is 0 Å². The molecule has 2 aromatic rings. The van der Waals surface area contributed by atoms with E-state index >= 15 is 0 Å². The second-order valence-corrected chi connectivity index (χ2v) is 4.03. The van der Waals surface area contributed by atoms with E-state index in [1.165, 1.54) is 0 Å². The molecule has 80 valence electrons. The standard InChI is InChI=1S/C14H11ClO/c15-14-4-2-1-3-13(14)9-11-5-7-12(10-16)8-6-11/h1-8,10H,9H2. The molecule has 0 aromatic heterocycles. The lowest BCUT2D eigenvalue weighted by Gasteiger charge is -2.04. The van der Waals surface area contributed by atoms with Crippen LogP contribution in [0.25, 0.3) is 0 Å². The summed E-state index contributed by atoms with van der Waals surface area (Å²) in [5, 5.41) is 0.780. The van der Waals surface area contributed by atoms with Crippen LogP contribution in [0.3, 0.4) is 0 Å². The lowest BCUT2D eigenvalue weighted by Crippen LogP contribution is -1.89. The minimum atomic E-state index is 0.697. The summed E-state index contributed by atoms with van der Waals surface area (Å²) in [6, 6.07) is 15.3. The summed E-state index contributed by atoms with van der Waals surface area (Å²) in [4.78, 5) is 10.5. The van der Waals surface area contributed by atoms with Gasteiger partial charge in [0.15, 0.2) is 0 Å². The van der Waals surface area contributed by atoms with Gasteiger partial charge in [0.2, 0.25) is 0 Å². The Morgan fingerprint density at radius 3 is 2.31 bits per heavy atom. The summed E-state index contributed by atoms with van der Waals surface area (Å²) < 4.78 is 0. The summed E-state index contributed by atoms with van der Waals surface area (Å²) in [5.74, 6) is 0. The molecule has 0 aliphatic heterocycles. The third kappa shape index (κ3) is 2.50. The lowest BCUT2D eigenvalue weighted by molar-refractivity contribution is 0.112. The topological polar surface area (TPSA) is 17.1 Å². The second kappa shape index (κ2) is 4.95. The van der Waals surface area contributed by atoms with Gasteiger partial charge in [0.05, 0.1) is 0 Å². The Hall–Kier alpha value is -1.60. The number of carbonyl (C=O) groups excluding carboxylic acids is 1. The van der Waals surface area contributed by atoms with E-state index in [2.05, 4.69) is 0 Å². The van der Waals surface area contributed by atoms with Gasteiger partial charge in [-0.15, -0.1) is 0 Å². The van der Waals surface area contributed by atoms with Crippen LogP contribution < -0.4 is 0 Å². The van der Waals surface area contributed by atoms with E-state index in [-0.39, 0.29) is 0 Å². The van der Waals surface area contributed by atoms with E-state index in [1.54, 1.807) is 0 Å². The van der Waals surface area contributed by atoms with Gasteiger partial charge < -0.3 is 0 Å². The van der Waals surface area contributed by atoms with Crippen molar-refractivity contribution in [3.05, 3.63) is 70.2 Å². The maximum Gasteiger partial charge on any atom is 0.150 e. The van der Waals surface area contributed by atoms with Crippen molar-refractivity contribution in [2.24, 2.45) is 0 Å². The zero-order valence-corrected chi connectivity index (χ0v) is 9.45. The molecule has 0 saturated heterocycles. The van der Waals surface area contributed by atoms with Gasteiger partial charge in [0, 0.05) is 10.6 Å². The smallest absolute Gasteiger partial charge is 0.150 e. The zero-order chi connectivity index (χ0) is 11.4. The molecule has 0 saturated carbocycles. The first kappa shape index (κ1) is 10.9. The fourth-order valence-electron chi connectivity index (χ4n) is 1.58. The first-order valence-corrected chi connectivity index (χ1v) is 5.45. The Morgan fingerprint density at radius 2 is 1.69 bits per heavy atom. The summed E-state index contributed by atoms with van der Waals surface area (Å²) in [7, 11) is 0. The average Bonchev–Trinajstić information content (AvgIpc) is 2.33. The van der Waals surface area contributed by atoms with Crippen LogP contribution in [-0.4, -0.2) is 6.29 Å². The highest BCUT2D eigenvalue weighted by molar-refractivity contribution is 6.31. The van der Waals surface area contributed by atoms with Crippen LogP contribution in [0.2, 0.25) is 5.02 Å². The van der Waals surface area contributed by atoms with Gasteiger partial charge in [0.1, 0.15) is 6.29 Å². The third-order valence-electron chi connectivity index (χ3n) is 2.47. The number of hydrogen-bond donors (Lipinski definition) is 0. The molecule has 0 fully saturated rings. The van der Waals surface area contributed by atoms with Gasteiger partial charge >= 0.3 is 0 Å². The maximum absolute atomic E-state index is 10.5. The number of rotatable bonds is 3. The SMILES string of the molecule is O=Cc1ccc(Cc2ccccc2Cl)cc1. The number of halogens is 1. The van der Waals surface area contributed by atoms with Gasteiger partial charge in [-0.3, -0.25) is 4.79 Å². The monoisotopic (exact) mass is 230 g/mol. The lowest BCUT2D eigenvalue weighted by atomic mass is 10.0. The molecule has 2 aromatic carbocycles. The minimum Gasteiger partial charge on any atom is -0.298 e. The average molecular weight is 231 g/mol. The first-order chi connectivity index (χ1) is 7.79. The molecule has 0 atom stereocenters.